The van der Waals surface area contributed by atoms with Crippen molar-refractivity contribution in [3.05, 3.63) is 65.7 Å². The van der Waals surface area contributed by atoms with E-state index in [9.17, 15) is 9.59 Å². The maximum atomic E-state index is 13.6. The highest BCUT2D eigenvalue weighted by molar-refractivity contribution is 6.01. The molecule has 1 aromatic heterocycles. The Hall–Kier alpha value is -3.94. The van der Waals surface area contributed by atoms with Gasteiger partial charge >= 0.3 is 0 Å². The van der Waals surface area contributed by atoms with Crippen molar-refractivity contribution in [2.45, 2.75) is 20.0 Å². The molecular weight excluding hydrogens is 466 g/mol. The summed E-state index contributed by atoms with van der Waals surface area (Å²) >= 11 is 0. The van der Waals surface area contributed by atoms with Crippen molar-refractivity contribution >= 4 is 33.6 Å². The number of carbonyl (C=O) groups is 2. The van der Waals surface area contributed by atoms with Crippen LogP contribution in [-0.2, 0) is 0 Å². The number of hydrogen-bond donors (Lipinski definition) is 1. The van der Waals surface area contributed by atoms with Gasteiger partial charge in [-0.2, -0.15) is 15.4 Å². The molecule has 4 aromatic rings. The van der Waals surface area contributed by atoms with Gasteiger partial charge in [0.15, 0.2) is 0 Å². The molecule has 37 heavy (non-hydrogen) atoms. The molecule has 1 aliphatic carbocycles. The largest absolute Gasteiger partial charge is 0.490 e. The van der Waals surface area contributed by atoms with Crippen LogP contribution >= 0.6 is 0 Å². The van der Waals surface area contributed by atoms with E-state index in [-0.39, 0.29) is 20.8 Å². The van der Waals surface area contributed by atoms with Crippen LogP contribution in [0.3, 0.4) is 0 Å². The van der Waals surface area contributed by atoms with Gasteiger partial charge in [0.05, 0.1) is 6.10 Å². The molecule has 1 N–H and O–H groups in total. The van der Waals surface area contributed by atoms with E-state index < -0.39 is 0 Å². The van der Waals surface area contributed by atoms with Crippen LogP contribution in [0.2, 0.25) is 0 Å². The number of carbonyl (C=O) groups excluding carboxylic acids is 2. The van der Waals surface area contributed by atoms with E-state index in [1.165, 1.54) is 0 Å². The minimum absolute atomic E-state index is 0. The molecule has 4 atom stereocenters. The fourth-order valence-corrected chi connectivity index (χ4v) is 6.80. The zero-order valence-corrected chi connectivity index (χ0v) is 20.9. The van der Waals surface area contributed by atoms with E-state index in [1.807, 2.05) is 78.2 Å². The van der Waals surface area contributed by atoms with E-state index in [2.05, 4.69) is 15.4 Å². The SMILES string of the molecule is CC(C)Oc1cc(C(=O)N2CC3C(C2)[C@@H]2CN(C(=O)c4ccc5n[nH]nc5c4)C[C@H]32)cc2ccccc12.[HH].[HH]. The molecule has 8 nitrogen and oxygen atoms in total. The third-order valence-electron chi connectivity index (χ3n) is 8.50. The van der Waals surface area contributed by atoms with E-state index in [4.69, 9.17) is 4.74 Å². The van der Waals surface area contributed by atoms with E-state index in [1.54, 1.807) is 0 Å². The van der Waals surface area contributed by atoms with E-state index >= 15 is 0 Å². The number of nitrogens with zero attached hydrogens (tertiary/aromatic N) is 4. The highest BCUT2D eigenvalue weighted by Gasteiger charge is 2.59. The summed E-state index contributed by atoms with van der Waals surface area (Å²) in [6.45, 7) is 7.02. The molecular formula is C29H33N5O3. The summed E-state index contributed by atoms with van der Waals surface area (Å²) in [6.07, 6.45) is 0.0271. The van der Waals surface area contributed by atoms with Crippen LogP contribution < -0.4 is 4.74 Å². The second-order valence-electron chi connectivity index (χ2n) is 11.0. The number of ether oxygens (including phenoxy) is 1. The topological polar surface area (TPSA) is 91.4 Å². The number of hydrogen-bond acceptors (Lipinski definition) is 5. The van der Waals surface area contributed by atoms with Crippen LogP contribution in [0.5, 0.6) is 5.75 Å². The van der Waals surface area contributed by atoms with Crippen LogP contribution in [0.1, 0.15) is 37.4 Å². The molecule has 2 aliphatic heterocycles. The van der Waals surface area contributed by atoms with Crippen LogP contribution in [0, 0.1) is 23.7 Å². The Bertz CT molecular complexity index is 1540. The Morgan fingerprint density at radius 2 is 1.46 bits per heavy atom. The van der Waals surface area contributed by atoms with Crippen molar-refractivity contribution in [2.24, 2.45) is 23.7 Å². The summed E-state index contributed by atoms with van der Waals surface area (Å²) in [5, 5.41) is 12.8. The molecule has 3 heterocycles. The van der Waals surface area contributed by atoms with Gasteiger partial charge in [0, 0.05) is 45.5 Å². The van der Waals surface area contributed by atoms with Gasteiger partial charge in [-0.15, -0.1) is 0 Å². The molecule has 1 saturated carbocycles. The molecule has 3 fully saturated rings. The summed E-state index contributed by atoms with van der Waals surface area (Å²) in [5.74, 6) is 2.71. The number of nitrogens with one attached hydrogen (secondary N) is 1. The predicted molar refractivity (Wildman–Crippen MR) is 144 cm³/mol. The van der Waals surface area contributed by atoms with Gasteiger partial charge in [-0.25, -0.2) is 0 Å². The molecule has 2 amide bonds. The van der Waals surface area contributed by atoms with Gasteiger partial charge in [0.25, 0.3) is 11.8 Å². The fraction of sp³-hybridized carbons (Fsp3) is 0.379. The summed E-state index contributed by atoms with van der Waals surface area (Å²) in [5.41, 5.74) is 2.79. The molecule has 3 aliphatic rings. The lowest BCUT2D eigenvalue weighted by atomic mass is 9.60. The molecule has 2 saturated heterocycles. The minimum atomic E-state index is 0. The number of aromatic amines is 1. The molecule has 0 spiro atoms. The van der Waals surface area contributed by atoms with Gasteiger partial charge < -0.3 is 14.5 Å². The first kappa shape index (κ1) is 22.3. The van der Waals surface area contributed by atoms with Crippen LogP contribution in [-0.4, -0.2) is 69.3 Å². The van der Waals surface area contributed by atoms with Crippen LogP contribution in [0.25, 0.3) is 21.8 Å². The highest BCUT2D eigenvalue weighted by Crippen LogP contribution is 2.54. The standard InChI is InChI=1S/C29H29N5O3.2H2/c1-16(2)37-27-11-19(9-17-5-3-4-6-20(17)27)29(36)34-14-23-21-12-33(13-22(21)24(23)15-34)28(35)18-7-8-25-26(10-18)31-32-30-25;;/h3-11,16,21-24H,12-15H2,1-2H3,(H,30,31,32);2*1H/t21-,22+,23?,24?;;. The number of likely N-dealkylation sites (tertiary alicyclic amines) is 2. The zero-order valence-electron chi connectivity index (χ0n) is 20.9. The molecule has 3 aromatic carbocycles. The Kier molecular flexibility index (Phi) is 4.99. The lowest BCUT2D eigenvalue weighted by Gasteiger charge is -2.42. The van der Waals surface area contributed by atoms with Gasteiger partial charge in [-0.3, -0.25) is 9.59 Å². The number of fused-ring (bicyclic) bond motifs is 6. The molecule has 8 heteroatoms. The smallest absolute Gasteiger partial charge is 0.254 e. The number of benzene rings is 3. The Balaban J connectivity index is 0.00000154. The Morgan fingerprint density at radius 3 is 2.14 bits per heavy atom. The normalized spacial score (nSPS) is 24.4. The van der Waals surface area contributed by atoms with Crippen molar-refractivity contribution in [1.29, 1.82) is 0 Å². The number of aromatic nitrogens is 3. The van der Waals surface area contributed by atoms with E-state index in [0.29, 0.717) is 40.3 Å². The first-order chi connectivity index (χ1) is 18.0. The molecule has 0 bridgehead atoms. The summed E-state index contributed by atoms with van der Waals surface area (Å²) in [6, 6.07) is 17.4. The first-order valence-corrected chi connectivity index (χ1v) is 13.0. The average Bonchev–Trinajstić information content (AvgIpc) is 3.61. The second-order valence-corrected chi connectivity index (χ2v) is 11.0. The average molecular weight is 500 g/mol. The third kappa shape index (κ3) is 3.57. The van der Waals surface area contributed by atoms with E-state index in [0.717, 1.165) is 48.2 Å². The molecule has 7 rings (SSSR count). The monoisotopic (exact) mass is 499 g/mol. The second kappa shape index (κ2) is 8.30. The number of H-pyrrole nitrogens is 1. The van der Waals surface area contributed by atoms with Gasteiger partial charge in [0.2, 0.25) is 0 Å². The van der Waals surface area contributed by atoms with Gasteiger partial charge in [-0.1, -0.05) is 24.3 Å². The summed E-state index contributed by atoms with van der Waals surface area (Å²) < 4.78 is 6.07. The third-order valence-corrected chi connectivity index (χ3v) is 8.50. The quantitative estimate of drug-likeness (QED) is 0.447. The van der Waals surface area contributed by atoms with Gasteiger partial charge in [-0.05, 0) is 73.2 Å². The number of amides is 2. The highest BCUT2D eigenvalue weighted by atomic mass is 16.5. The summed E-state index contributed by atoms with van der Waals surface area (Å²) in [4.78, 5) is 30.8. The zero-order chi connectivity index (χ0) is 25.3. The maximum absolute atomic E-state index is 13.6. The number of rotatable bonds is 4. The van der Waals surface area contributed by atoms with Crippen LogP contribution in [0.4, 0.5) is 0 Å². The molecule has 0 radical (unpaired) electrons. The molecule has 2 unspecified atom stereocenters. The van der Waals surface area contributed by atoms with Crippen LogP contribution in [0.15, 0.2) is 54.6 Å². The fourth-order valence-electron chi connectivity index (χ4n) is 6.80. The Labute approximate surface area is 217 Å². The van der Waals surface area contributed by atoms with Crippen molar-refractivity contribution < 1.29 is 17.2 Å². The lowest BCUT2D eigenvalue weighted by molar-refractivity contribution is 0.0629. The Morgan fingerprint density at radius 1 is 0.838 bits per heavy atom. The van der Waals surface area contributed by atoms with Gasteiger partial charge in [0.1, 0.15) is 16.8 Å². The van der Waals surface area contributed by atoms with Crippen molar-refractivity contribution in [2.75, 3.05) is 26.2 Å². The van der Waals surface area contributed by atoms with Crippen molar-refractivity contribution in [3.8, 4) is 5.75 Å². The molecule has 192 valence electrons. The lowest BCUT2D eigenvalue weighted by Crippen LogP contribution is -2.44. The van der Waals surface area contributed by atoms with Crippen molar-refractivity contribution in [3.63, 3.8) is 0 Å². The summed E-state index contributed by atoms with van der Waals surface area (Å²) in [7, 11) is 0. The minimum Gasteiger partial charge on any atom is -0.490 e. The first-order valence-electron chi connectivity index (χ1n) is 13.0. The van der Waals surface area contributed by atoms with Crippen molar-refractivity contribution in [1.82, 2.24) is 25.2 Å². The maximum Gasteiger partial charge on any atom is 0.254 e. The predicted octanol–water partition coefficient (Wildman–Crippen LogP) is 4.48.